The number of esters is 1. The van der Waals surface area contributed by atoms with Crippen LogP contribution in [0.25, 0.3) is 0 Å². The first-order valence-electron chi connectivity index (χ1n) is 6.39. The van der Waals surface area contributed by atoms with Gasteiger partial charge in [-0.05, 0) is 30.7 Å². The standard InChI is InChI=1S/C16H16O5/c1-10(17)12-5-3-4-6-13(12)16(19)21-11-7-8-15(20-2)14(18)9-11/h3-10,17-18H,1-2H3. The van der Waals surface area contributed by atoms with Gasteiger partial charge in [-0.2, -0.15) is 0 Å². The zero-order valence-corrected chi connectivity index (χ0v) is 11.7. The summed E-state index contributed by atoms with van der Waals surface area (Å²) in [6.45, 7) is 1.57. The second-order valence-corrected chi connectivity index (χ2v) is 4.49. The van der Waals surface area contributed by atoms with E-state index in [4.69, 9.17) is 9.47 Å². The fraction of sp³-hybridized carbons (Fsp3) is 0.188. The number of phenolic OH excluding ortho intramolecular Hbond substituents is 1. The van der Waals surface area contributed by atoms with Crippen LogP contribution < -0.4 is 9.47 Å². The first-order chi connectivity index (χ1) is 10.0. The molecule has 0 saturated heterocycles. The Morgan fingerprint density at radius 3 is 2.52 bits per heavy atom. The summed E-state index contributed by atoms with van der Waals surface area (Å²) in [5, 5.41) is 19.3. The normalized spacial score (nSPS) is 11.8. The lowest BCUT2D eigenvalue weighted by Crippen LogP contribution is -2.12. The van der Waals surface area contributed by atoms with Crippen molar-refractivity contribution in [1.82, 2.24) is 0 Å². The highest BCUT2D eigenvalue weighted by Crippen LogP contribution is 2.30. The number of aromatic hydroxyl groups is 1. The van der Waals surface area contributed by atoms with Gasteiger partial charge in [-0.25, -0.2) is 4.79 Å². The second-order valence-electron chi connectivity index (χ2n) is 4.49. The predicted octanol–water partition coefficient (Wildman–Crippen LogP) is 2.67. The van der Waals surface area contributed by atoms with Gasteiger partial charge in [0.05, 0.1) is 18.8 Å². The Bertz CT molecular complexity index is 649. The van der Waals surface area contributed by atoms with Crippen LogP contribution in [0, 0.1) is 0 Å². The Balaban J connectivity index is 2.24. The van der Waals surface area contributed by atoms with Gasteiger partial charge >= 0.3 is 5.97 Å². The maximum atomic E-state index is 12.2. The van der Waals surface area contributed by atoms with Crippen molar-refractivity contribution >= 4 is 5.97 Å². The predicted molar refractivity (Wildman–Crippen MR) is 76.7 cm³/mol. The van der Waals surface area contributed by atoms with Gasteiger partial charge in [0.15, 0.2) is 11.5 Å². The Morgan fingerprint density at radius 1 is 1.19 bits per heavy atom. The Hall–Kier alpha value is -2.53. The van der Waals surface area contributed by atoms with Crippen LogP contribution in [0.5, 0.6) is 17.2 Å². The average molecular weight is 288 g/mol. The summed E-state index contributed by atoms with van der Waals surface area (Å²) >= 11 is 0. The number of methoxy groups -OCH3 is 1. The molecule has 0 bridgehead atoms. The molecule has 1 atom stereocenters. The SMILES string of the molecule is COc1ccc(OC(=O)c2ccccc2C(C)O)cc1O. The molecule has 2 aromatic carbocycles. The van der Waals surface area contributed by atoms with Crippen molar-refractivity contribution in [2.24, 2.45) is 0 Å². The second kappa shape index (κ2) is 6.28. The third-order valence-electron chi connectivity index (χ3n) is 2.99. The number of rotatable bonds is 4. The van der Waals surface area contributed by atoms with Gasteiger partial charge < -0.3 is 19.7 Å². The summed E-state index contributed by atoms with van der Waals surface area (Å²) in [7, 11) is 1.43. The minimum Gasteiger partial charge on any atom is -0.504 e. The van der Waals surface area contributed by atoms with E-state index in [-0.39, 0.29) is 17.1 Å². The summed E-state index contributed by atoms with van der Waals surface area (Å²) in [4.78, 5) is 12.2. The van der Waals surface area contributed by atoms with E-state index in [9.17, 15) is 15.0 Å². The molecule has 0 aliphatic rings. The van der Waals surface area contributed by atoms with Crippen LogP contribution >= 0.6 is 0 Å². The smallest absolute Gasteiger partial charge is 0.343 e. The minimum atomic E-state index is -0.780. The number of hydrogen-bond donors (Lipinski definition) is 2. The van der Waals surface area contributed by atoms with Crippen LogP contribution in [-0.2, 0) is 0 Å². The van der Waals surface area contributed by atoms with Crippen molar-refractivity contribution in [3.8, 4) is 17.2 Å². The summed E-state index contributed by atoms with van der Waals surface area (Å²) in [5.74, 6) is -0.236. The van der Waals surface area contributed by atoms with Gasteiger partial charge in [0.2, 0.25) is 0 Å². The molecule has 1 unspecified atom stereocenters. The molecule has 110 valence electrons. The molecule has 0 heterocycles. The third-order valence-corrected chi connectivity index (χ3v) is 2.99. The third kappa shape index (κ3) is 3.32. The number of carbonyl (C=O) groups is 1. The molecule has 0 aliphatic carbocycles. The molecule has 21 heavy (non-hydrogen) atoms. The molecule has 0 amide bonds. The monoisotopic (exact) mass is 288 g/mol. The van der Waals surface area contributed by atoms with Gasteiger partial charge in [-0.15, -0.1) is 0 Å². The lowest BCUT2D eigenvalue weighted by atomic mass is 10.0. The fourth-order valence-corrected chi connectivity index (χ4v) is 1.94. The highest BCUT2D eigenvalue weighted by molar-refractivity contribution is 5.92. The van der Waals surface area contributed by atoms with Gasteiger partial charge in [-0.3, -0.25) is 0 Å². The van der Waals surface area contributed by atoms with Crippen LogP contribution in [0.3, 0.4) is 0 Å². The van der Waals surface area contributed by atoms with E-state index in [0.717, 1.165) is 0 Å². The van der Waals surface area contributed by atoms with Crippen LogP contribution in [0.4, 0.5) is 0 Å². The highest BCUT2D eigenvalue weighted by Gasteiger charge is 2.16. The van der Waals surface area contributed by atoms with Crippen molar-refractivity contribution in [3.63, 3.8) is 0 Å². The maximum Gasteiger partial charge on any atom is 0.343 e. The maximum absolute atomic E-state index is 12.2. The summed E-state index contributed by atoms with van der Waals surface area (Å²) in [5.41, 5.74) is 0.767. The molecule has 0 saturated carbocycles. The summed E-state index contributed by atoms with van der Waals surface area (Å²) in [6, 6.07) is 11.0. The molecule has 5 nitrogen and oxygen atoms in total. The topological polar surface area (TPSA) is 76.0 Å². The van der Waals surface area contributed by atoms with Gasteiger partial charge in [0, 0.05) is 6.07 Å². The minimum absolute atomic E-state index is 0.119. The first kappa shape index (κ1) is 14.9. The van der Waals surface area contributed by atoms with Gasteiger partial charge in [-0.1, -0.05) is 18.2 Å². The molecule has 5 heteroatoms. The number of aliphatic hydroxyl groups excluding tert-OH is 1. The number of phenols is 1. The largest absolute Gasteiger partial charge is 0.504 e. The van der Waals surface area contributed by atoms with E-state index in [2.05, 4.69) is 0 Å². The van der Waals surface area contributed by atoms with Crippen LogP contribution in [0.15, 0.2) is 42.5 Å². The van der Waals surface area contributed by atoms with E-state index in [1.807, 2.05) is 0 Å². The number of aliphatic hydroxyl groups is 1. The molecule has 0 aromatic heterocycles. The molecular weight excluding hydrogens is 272 g/mol. The van der Waals surface area contributed by atoms with E-state index in [1.54, 1.807) is 31.2 Å². The Labute approximate surface area is 122 Å². The molecule has 0 spiro atoms. The van der Waals surface area contributed by atoms with Crippen molar-refractivity contribution < 1.29 is 24.5 Å². The van der Waals surface area contributed by atoms with E-state index >= 15 is 0 Å². The molecule has 2 aromatic rings. The summed E-state index contributed by atoms with van der Waals surface area (Å²) < 4.78 is 10.1. The Kier molecular flexibility index (Phi) is 4.45. The van der Waals surface area contributed by atoms with Gasteiger partial charge in [0.1, 0.15) is 5.75 Å². The molecule has 0 aliphatic heterocycles. The van der Waals surface area contributed by atoms with Crippen LogP contribution in [-0.4, -0.2) is 23.3 Å². The zero-order valence-electron chi connectivity index (χ0n) is 11.7. The molecule has 2 N–H and O–H groups in total. The lowest BCUT2D eigenvalue weighted by molar-refractivity contribution is 0.0727. The molecule has 0 fully saturated rings. The number of ether oxygens (including phenoxy) is 2. The summed E-state index contributed by atoms with van der Waals surface area (Å²) in [6.07, 6.45) is -0.780. The van der Waals surface area contributed by atoms with Crippen molar-refractivity contribution in [2.45, 2.75) is 13.0 Å². The number of hydrogen-bond acceptors (Lipinski definition) is 5. The fourth-order valence-electron chi connectivity index (χ4n) is 1.94. The van der Waals surface area contributed by atoms with Crippen molar-refractivity contribution in [2.75, 3.05) is 7.11 Å². The average Bonchev–Trinajstić information content (AvgIpc) is 2.47. The lowest BCUT2D eigenvalue weighted by Gasteiger charge is -2.12. The van der Waals surface area contributed by atoms with E-state index < -0.39 is 12.1 Å². The molecule has 2 rings (SSSR count). The number of carbonyl (C=O) groups excluding carboxylic acids is 1. The van der Waals surface area contributed by atoms with Crippen molar-refractivity contribution in [1.29, 1.82) is 0 Å². The Morgan fingerprint density at radius 2 is 1.90 bits per heavy atom. The quantitative estimate of drug-likeness (QED) is 0.668. The zero-order chi connectivity index (χ0) is 15.4. The van der Waals surface area contributed by atoms with E-state index in [0.29, 0.717) is 11.3 Å². The van der Waals surface area contributed by atoms with Crippen molar-refractivity contribution in [3.05, 3.63) is 53.6 Å². The van der Waals surface area contributed by atoms with Gasteiger partial charge in [0.25, 0.3) is 0 Å². The molecular formula is C16H16O5. The highest BCUT2D eigenvalue weighted by atomic mass is 16.5. The van der Waals surface area contributed by atoms with E-state index in [1.165, 1.54) is 25.3 Å². The first-order valence-corrected chi connectivity index (χ1v) is 6.39. The number of benzene rings is 2. The van der Waals surface area contributed by atoms with Crippen LogP contribution in [0.2, 0.25) is 0 Å². The molecule has 0 radical (unpaired) electrons. The van der Waals surface area contributed by atoms with Crippen LogP contribution in [0.1, 0.15) is 28.9 Å².